The first kappa shape index (κ1) is 11.5. The third kappa shape index (κ3) is 2.69. The molecule has 1 fully saturated rings. The lowest BCUT2D eigenvalue weighted by atomic mass is 10.0. The Bertz CT molecular complexity index is 204. The lowest BCUT2D eigenvalue weighted by Gasteiger charge is -2.05. The average molecular weight is 202 g/mol. The normalized spacial score (nSPS) is 30.1. The fourth-order valence-electron chi connectivity index (χ4n) is 1.51. The molecule has 2 atom stereocenters. The minimum Gasteiger partial charge on any atom is -0.464 e. The molecule has 0 aromatic rings. The minimum absolute atomic E-state index is 0.243. The highest BCUT2D eigenvalue weighted by Gasteiger charge is 2.57. The fourth-order valence-corrected chi connectivity index (χ4v) is 1.51. The summed E-state index contributed by atoms with van der Waals surface area (Å²) in [4.78, 5) is 11.3. The molecule has 0 aliphatic carbocycles. The third-order valence-corrected chi connectivity index (χ3v) is 2.41. The lowest BCUT2D eigenvalue weighted by Crippen LogP contribution is -2.20. The van der Waals surface area contributed by atoms with E-state index in [4.69, 9.17) is 14.2 Å². The number of carbonyl (C=O) groups excluding carboxylic acids is 1. The molecule has 4 heteroatoms. The van der Waals surface area contributed by atoms with E-state index in [1.54, 1.807) is 14.0 Å². The van der Waals surface area contributed by atoms with Crippen molar-refractivity contribution in [2.24, 2.45) is 0 Å². The van der Waals surface area contributed by atoms with Gasteiger partial charge in [-0.05, 0) is 26.7 Å². The Balaban J connectivity index is 2.24. The first-order valence-corrected chi connectivity index (χ1v) is 4.97. The molecule has 14 heavy (non-hydrogen) atoms. The fraction of sp³-hybridized carbons (Fsp3) is 0.900. The van der Waals surface area contributed by atoms with E-state index in [-0.39, 0.29) is 17.7 Å². The maximum Gasteiger partial charge on any atom is 0.338 e. The van der Waals surface area contributed by atoms with Crippen molar-refractivity contribution in [2.75, 3.05) is 20.3 Å². The largest absolute Gasteiger partial charge is 0.464 e. The highest BCUT2D eigenvalue weighted by Crippen LogP contribution is 2.40. The van der Waals surface area contributed by atoms with Crippen LogP contribution in [0.5, 0.6) is 0 Å². The molecule has 0 saturated carbocycles. The first-order valence-electron chi connectivity index (χ1n) is 4.97. The van der Waals surface area contributed by atoms with Gasteiger partial charge in [0.25, 0.3) is 0 Å². The van der Waals surface area contributed by atoms with Gasteiger partial charge in [0.15, 0.2) is 6.10 Å². The van der Waals surface area contributed by atoms with E-state index in [9.17, 15) is 4.79 Å². The molecule has 1 aliphatic rings. The van der Waals surface area contributed by atoms with Gasteiger partial charge in [0.1, 0.15) is 5.60 Å². The van der Waals surface area contributed by atoms with Crippen LogP contribution in [0, 0.1) is 0 Å². The smallest absolute Gasteiger partial charge is 0.338 e. The molecule has 0 aromatic carbocycles. The van der Waals surface area contributed by atoms with Crippen LogP contribution in [0.25, 0.3) is 0 Å². The molecular weight excluding hydrogens is 184 g/mol. The van der Waals surface area contributed by atoms with Gasteiger partial charge in [-0.2, -0.15) is 0 Å². The predicted octanol–water partition coefficient (Wildman–Crippen LogP) is 1.13. The zero-order valence-corrected chi connectivity index (χ0v) is 9.04. The Labute approximate surface area is 84.5 Å². The Hall–Kier alpha value is -0.610. The summed E-state index contributed by atoms with van der Waals surface area (Å²) < 4.78 is 15.1. The van der Waals surface area contributed by atoms with Crippen molar-refractivity contribution >= 4 is 5.97 Å². The lowest BCUT2D eigenvalue weighted by molar-refractivity contribution is -0.144. The van der Waals surface area contributed by atoms with E-state index in [2.05, 4.69) is 0 Å². The van der Waals surface area contributed by atoms with Crippen LogP contribution in [-0.4, -0.2) is 38.0 Å². The molecule has 2 unspecified atom stereocenters. The zero-order valence-electron chi connectivity index (χ0n) is 9.04. The highest BCUT2D eigenvalue weighted by atomic mass is 16.7. The number of carbonyl (C=O) groups is 1. The summed E-state index contributed by atoms with van der Waals surface area (Å²) in [6, 6.07) is 0. The summed E-state index contributed by atoms with van der Waals surface area (Å²) >= 11 is 0. The minimum atomic E-state index is -0.362. The molecule has 0 N–H and O–H groups in total. The number of methoxy groups -OCH3 is 1. The Morgan fingerprint density at radius 3 is 2.86 bits per heavy atom. The molecule has 0 spiro atoms. The van der Waals surface area contributed by atoms with Crippen LogP contribution in [0.2, 0.25) is 0 Å². The van der Waals surface area contributed by atoms with Gasteiger partial charge in [0, 0.05) is 13.7 Å². The Kier molecular flexibility index (Phi) is 3.89. The SMILES string of the molecule is CCOC(=O)C1OC1(C)CCCOC. The number of epoxide rings is 1. The van der Waals surface area contributed by atoms with Crippen molar-refractivity contribution in [3.8, 4) is 0 Å². The molecule has 0 radical (unpaired) electrons. The van der Waals surface area contributed by atoms with E-state index in [1.165, 1.54) is 0 Å². The number of esters is 1. The van der Waals surface area contributed by atoms with Crippen LogP contribution >= 0.6 is 0 Å². The average Bonchev–Trinajstić information content (AvgIpc) is 2.79. The standard InChI is InChI=1S/C10H18O4/c1-4-13-9(11)8-10(2,14-8)6-5-7-12-3/h8H,4-7H2,1-3H3. The quantitative estimate of drug-likeness (QED) is 0.368. The number of hydrogen-bond donors (Lipinski definition) is 0. The second-order valence-corrected chi connectivity index (χ2v) is 3.66. The molecule has 1 saturated heterocycles. The van der Waals surface area contributed by atoms with Crippen molar-refractivity contribution in [3.63, 3.8) is 0 Å². The first-order chi connectivity index (χ1) is 6.64. The van der Waals surface area contributed by atoms with E-state index in [0.717, 1.165) is 12.8 Å². The zero-order chi connectivity index (χ0) is 10.6. The van der Waals surface area contributed by atoms with Crippen LogP contribution in [0.4, 0.5) is 0 Å². The van der Waals surface area contributed by atoms with E-state index in [0.29, 0.717) is 13.2 Å². The van der Waals surface area contributed by atoms with Gasteiger partial charge in [-0.1, -0.05) is 0 Å². The van der Waals surface area contributed by atoms with Crippen LogP contribution in [-0.2, 0) is 19.0 Å². The van der Waals surface area contributed by atoms with Gasteiger partial charge < -0.3 is 14.2 Å². The van der Waals surface area contributed by atoms with Crippen LogP contribution in [0.15, 0.2) is 0 Å². The molecule has 0 aromatic heterocycles. The van der Waals surface area contributed by atoms with Gasteiger partial charge >= 0.3 is 5.97 Å². The summed E-state index contributed by atoms with van der Waals surface area (Å²) in [6.07, 6.45) is 1.38. The summed E-state index contributed by atoms with van der Waals surface area (Å²) in [5.41, 5.74) is -0.315. The second-order valence-electron chi connectivity index (χ2n) is 3.66. The van der Waals surface area contributed by atoms with Gasteiger partial charge in [0.2, 0.25) is 0 Å². The van der Waals surface area contributed by atoms with E-state index < -0.39 is 0 Å². The van der Waals surface area contributed by atoms with Gasteiger partial charge in [-0.3, -0.25) is 0 Å². The van der Waals surface area contributed by atoms with Gasteiger partial charge in [0.05, 0.1) is 6.61 Å². The van der Waals surface area contributed by atoms with Crippen LogP contribution < -0.4 is 0 Å². The van der Waals surface area contributed by atoms with Crippen LogP contribution in [0.3, 0.4) is 0 Å². The number of ether oxygens (including phenoxy) is 3. The predicted molar refractivity (Wildman–Crippen MR) is 51.0 cm³/mol. The van der Waals surface area contributed by atoms with Gasteiger partial charge in [-0.25, -0.2) is 4.79 Å². The Morgan fingerprint density at radius 1 is 1.57 bits per heavy atom. The van der Waals surface area contributed by atoms with Crippen LogP contribution in [0.1, 0.15) is 26.7 Å². The second kappa shape index (κ2) is 4.75. The number of rotatable bonds is 6. The molecule has 1 aliphatic heterocycles. The summed E-state index contributed by atoms with van der Waals surface area (Å²) in [5.74, 6) is -0.243. The maximum atomic E-state index is 11.3. The molecule has 4 nitrogen and oxygen atoms in total. The molecule has 1 rings (SSSR count). The molecule has 82 valence electrons. The van der Waals surface area contributed by atoms with Gasteiger partial charge in [-0.15, -0.1) is 0 Å². The van der Waals surface area contributed by atoms with Crippen molar-refractivity contribution in [1.29, 1.82) is 0 Å². The van der Waals surface area contributed by atoms with Crippen molar-refractivity contribution in [1.82, 2.24) is 0 Å². The summed E-state index contributed by atoms with van der Waals surface area (Å²) in [7, 11) is 1.67. The van der Waals surface area contributed by atoms with Crippen molar-refractivity contribution in [3.05, 3.63) is 0 Å². The monoisotopic (exact) mass is 202 g/mol. The molecule has 1 heterocycles. The Morgan fingerprint density at radius 2 is 2.29 bits per heavy atom. The molecule has 0 amide bonds. The highest BCUT2D eigenvalue weighted by molar-refractivity contribution is 5.79. The topological polar surface area (TPSA) is 48.1 Å². The summed E-state index contributed by atoms with van der Waals surface area (Å²) in [6.45, 7) is 4.84. The summed E-state index contributed by atoms with van der Waals surface area (Å²) in [5, 5.41) is 0. The van der Waals surface area contributed by atoms with E-state index >= 15 is 0 Å². The van der Waals surface area contributed by atoms with Crippen molar-refractivity contribution in [2.45, 2.75) is 38.4 Å². The molecule has 0 bridgehead atoms. The molecular formula is C10H18O4. The third-order valence-electron chi connectivity index (χ3n) is 2.41. The maximum absolute atomic E-state index is 11.3. The van der Waals surface area contributed by atoms with E-state index in [1.807, 2.05) is 6.92 Å². The van der Waals surface area contributed by atoms with Crippen molar-refractivity contribution < 1.29 is 19.0 Å². The number of hydrogen-bond acceptors (Lipinski definition) is 4.